The second kappa shape index (κ2) is 4.90. The molecule has 0 radical (unpaired) electrons. The third-order valence-corrected chi connectivity index (χ3v) is 2.93. The first kappa shape index (κ1) is 11.4. The number of aromatic nitrogens is 1. The quantitative estimate of drug-likeness (QED) is 0.703. The molecule has 0 saturated heterocycles. The number of para-hydroxylation sites is 1. The highest BCUT2D eigenvalue weighted by molar-refractivity contribution is 5.94. The molecule has 3 rings (SSSR count). The van der Waals surface area contributed by atoms with Crippen LogP contribution in [-0.2, 0) is 0 Å². The van der Waals surface area contributed by atoms with Crippen molar-refractivity contribution in [2.75, 3.05) is 0 Å². The van der Waals surface area contributed by atoms with Crippen LogP contribution in [0.25, 0.3) is 10.8 Å². The molecule has 1 aromatic heterocycles. The maximum absolute atomic E-state index is 9.69. The lowest BCUT2D eigenvalue weighted by molar-refractivity contribution is 0.474. The van der Waals surface area contributed by atoms with Gasteiger partial charge in [-0.05, 0) is 12.1 Å². The molecule has 3 nitrogen and oxygen atoms in total. The van der Waals surface area contributed by atoms with Crippen LogP contribution in [0.3, 0.4) is 0 Å². The van der Waals surface area contributed by atoms with Crippen LogP contribution < -0.4 is 0 Å². The zero-order chi connectivity index (χ0) is 13.1. The van der Waals surface area contributed by atoms with E-state index in [1.807, 2.05) is 42.6 Å². The second-order valence-corrected chi connectivity index (χ2v) is 4.20. The Labute approximate surface area is 110 Å². The summed E-state index contributed by atoms with van der Waals surface area (Å²) >= 11 is 0. The molecule has 92 valence electrons. The van der Waals surface area contributed by atoms with Crippen molar-refractivity contribution in [1.29, 1.82) is 0 Å². The number of aliphatic imine (C=N–C) groups is 1. The first-order valence-corrected chi connectivity index (χ1v) is 5.99. The van der Waals surface area contributed by atoms with Gasteiger partial charge in [0.25, 0.3) is 0 Å². The predicted molar refractivity (Wildman–Crippen MR) is 77.1 cm³/mol. The van der Waals surface area contributed by atoms with E-state index in [2.05, 4.69) is 9.98 Å². The molecule has 0 aliphatic rings. The van der Waals surface area contributed by atoms with Gasteiger partial charge in [-0.2, -0.15) is 0 Å². The highest BCUT2D eigenvalue weighted by Gasteiger charge is 1.99. The molecular weight excluding hydrogens is 236 g/mol. The SMILES string of the molecule is Oc1ccccc1C=Nc1cncc2ccccc12. The van der Waals surface area contributed by atoms with Crippen LogP contribution in [0.2, 0.25) is 0 Å². The summed E-state index contributed by atoms with van der Waals surface area (Å²) in [7, 11) is 0. The molecule has 1 heterocycles. The molecule has 2 aromatic carbocycles. The average Bonchev–Trinajstić information content (AvgIpc) is 2.46. The molecule has 3 heteroatoms. The summed E-state index contributed by atoms with van der Waals surface area (Å²) in [5.41, 5.74) is 1.48. The second-order valence-electron chi connectivity index (χ2n) is 4.20. The molecule has 3 aromatic rings. The summed E-state index contributed by atoms with van der Waals surface area (Å²) in [6.07, 6.45) is 5.19. The molecule has 0 spiro atoms. The Kier molecular flexibility index (Phi) is 2.94. The number of hydrogen-bond donors (Lipinski definition) is 1. The van der Waals surface area contributed by atoms with E-state index in [1.54, 1.807) is 24.5 Å². The number of phenols is 1. The summed E-state index contributed by atoms with van der Waals surface area (Å²) in [4.78, 5) is 8.59. The third kappa shape index (κ3) is 2.31. The lowest BCUT2D eigenvalue weighted by atomic mass is 10.1. The standard InChI is InChI=1S/C16H12N2O/c19-16-8-4-2-6-13(16)10-18-15-11-17-9-12-5-1-3-7-14(12)15/h1-11,19H. The predicted octanol–water partition coefficient (Wildman–Crippen LogP) is 3.69. The molecule has 0 unspecified atom stereocenters. The minimum absolute atomic E-state index is 0.222. The maximum atomic E-state index is 9.69. The van der Waals surface area contributed by atoms with Crippen molar-refractivity contribution in [1.82, 2.24) is 4.98 Å². The fraction of sp³-hybridized carbons (Fsp3) is 0. The maximum Gasteiger partial charge on any atom is 0.124 e. The van der Waals surface area contributed by atoms with Gasteiger partial charge in [0.05, 0.1) is 11.9 Å². The fourth-order valence-corrected chi connectivity index (χ4v) is 1.94. The molecule has 0 fully saturated rings. The first-order chi connectivity index (χ1) is 9.34. The van der Waals surface area contributed by atoms with Gasteiger partial charge in [0.1, 0.15) is 5.75 Å². The van der Waals surface area contributed by atoms with Gasteiger partial charge >= 0.3 is 0 Å². The molecule has 0 aliphatic heterocycles. The Hall–Kier alpha value is -2.68. The number of hydrogen-bond acceptors (Lipinski definition) is 3. The monoisotopic (exact) mass is 248 g/mol. The molecule has 0 bridgehead atoms. The number of pyridine rings is 1. The normalized spacial score (nSPS) is 11.2. The van der Waals surface area contributed by atoms with E-state index in [0.717, 1.165) is 16.5 Å². The summed E-state index contributed by atoms with van der Waals surface area (Å²) in [5, 5.41) is 11.8. The Morgan fingerprint density at radius 1 is 0.947 bits per heavy atom. The molecule has 0 atom stereocenters. The first-order valence-electron chi connectivity index (χ1n) is 5.99. The van der Waals surface area contributed by atoms with Crippen molar-refractivity contribution in [3.63, 3.8) is 0 Å². The minimum atomic E-state index is 0.222. The van der Waals surface area contributed by atoms with Crippen molar-refractivity contribution in [3.05, 3.63) is 66.5 Å². The molecule has 0 saturated carbocycles. The van der Waals surface area contributed by atoms with Crippen LogP contribution in [0.1, 0.15) is 5.56 Å². The van der Waals surface area contributed by atoms with E-state index < -0.39 is 0 Å². The van der Waals surface area contributed by atoms with Crippen LogP contribution in [0.5, 0.6) is 5.75 Å². The average molecular weight is 248 g/mol. The van der Waals surface area contributed by atoms with Crippen molar-refractivity contribution >= 4 is 22.7 Å². The van der Waals surface area contributed by atoms with Gasteiger partial charge in [-0.25, -0.2) is 0 Å². The highest BCUT2D eigenvalue weighted by atomic mass is 16.3. The Morgan fingerprint density at radius 3 is 2.63 bits per heavy atom. The van der Waals surface area contributed by atoms with E-state index in [-0.39, 0.29) is 5.75 Å². The van der Waals surface area contributed by atoms with Crippen LogP contribution in [0.4, 0.5) is 5.69 Å². The van der Waals surface area contributed by atoms with Gasteiger partial charge in [0, 0.05) is 28.7 Å². The van der Waals surface area contributed by atoms with E-state index in [9.17, 15) is 5.11 Å². The number of nitrogens with zero attached hydrogens (tertiary/aromatic N) is 2. The molecule has 1 N–H and O–H groups in total. The molecule has 0 aliphatic carbocycles. The van der Waals surface area contributed by atoms with Crippen LogP contribution >= 0.6 is 0 Å². The van der Waals surface area contributed by atoms with Crippen LogP contribution in [-0.4, -0.2) is 16.3 Å². The van der Waals surface area contributed by atoms with Gasteiger partial charge < -0.3 is 5.11 Å². The lowest BCUT2D eigenvalue weighted by Crippen LogP contribution is -1.82. The number of fused-ring (bicyclic) bond motifs is 1. The lowest BCUT2D eigenvalue weighted by Gasteiger charge is -2.01. The summed E-state index contributed by atoms with van der Waals surface area (Å²) in [6.45, 7) is 0. The summed E-state index contributed by atoms with van der Waals surface area (Å²) < 4.78 is 0. The Morgan fingerprint density at radius 2 is 1.74 bits per heavy atom. The van der Waals surface area contributed by atoms with Gasteiger partial charge in [0.15, 0.2) is 0 Å². The molecule has 19 heavy (non-hydrogen) atoms. The topological polar surface area (TPSA) is 45.5 Å². The van der Waals surface area contributed by atoms with Crippen molar-refractivity contribution < 1.29 is 5.11 Å². The van der Waals surface area contributed by atoms with Gasteiger partial charge in [-0.3, -0.25) is 9.98 Å². The smallest absolute Gasteiger partial charge is 0.124 e. The summed E-state index contributed by atoms with van der Waals surface area (Å²) in [6, 6.07) is 15.1. The van der Waals surface area contributed by atoms with E-state index in [1.165, 1.54) is 0 Å². The van der Waals surface area contributed by atoms with Gasteiger partial charge in [-0.1, -0.05) is 36.4 Å². The Bertz CT molecular complexity index is 745. The number of phenolic OH excluding ortho intramolecular Hbond substituents is 1. The number of aromatic hydroxyl groups is 1. The van der Waals surface area contributed by atoms with Crippen molar-refractivity contribution in [2.45, 2.75) is 0 Å². The van der Waals surface area contributed by atoms with Gasteiger partial charge in [-0.15, -0.1) is 0 Å². The van der Waals surface area contributed by atoms with E-state index in [0.29, 0.717) is 5.56 Å². The largest absolute Gasteiger partial charge is 0.507 e. The van der Waals surface area contributed by atoms with Crippen LogP contribution in [0.15, 0.2) is 65.9 Å². The Balaban J connectivity index is 2.04. The zero-order valence-electron chi connectivity index (χ0n) is 10.2. The molecule has 0 amide bonds. The highest BCUT2D eigenvalue weighted by Crippen LogP contribution is 2.24. The summed E-state index contributed by atoms with van der Waals surface area (Å²) in [5.74, 6) is 0.222. The zero-order valence-corrected chi connectivity index (χ0v) is 10.2. The number of benzene rings is 2. The third-order valence-electron chi connectivity index (χ3n) is 2.93. The van der Waals surface area contributed by atoms with E-state index in [4.69, 9.17) is 0 Å². The van der Waals surface area contributed by atoms with E-state index >= 15 is 0 Å². The van der Waals surface area contributed by atoms with Crippen LogP contribution in [0, 0.1) is 0 Å². The number of rotatable bonds is 2. The minimum Gasteiger partial charge on any atom is -0.507 e. The van der Waals surface area contributed by atoms with Gasteiger partial charge in [0.2, 0.25) is 0 Å². The van der Waals surface area contributed by atoms with Crippen molar-refractivity contribution in [2.24, 2.45) is 4.99 Å². The fourth-order valence-electron chi connectivity index (χ4n) is 1.94. The molecular formula is C16H12N2O. The van der Waals surface area contributed by atoms with Crippen molar-refractivity contribution in [3.8, 4) is 5.75 Å².